The molecule has 0 aliphatic heterocycles. The number of ether oxygens (including phenoxy) is 2. The molecule has 0 radical (unpaired) electrons. The molecule has 0 fully saturated rings. The molecule has 3 aromatic rings. The summed E-state index contributed by atoms with van der Waals surface area (Å²) in [5.41, 5.74) is 3.77. The number of amides is 2. The second kappa shape index (κ2) is 13.8. The lowest BCUT2D eigenvalue weighted by atomic mass is 10.1. The summed E-state index contributed by atoms with van der Waals surface area (Å²) in [5, 5.41) is 5.78. The van der Waals surface area contributed by atoms with Crippen LogP contribution in [0.5, 0.6) is 5.75 Å². The third-order valence-corrected chi connectivity index (χ3v) is 5.19. The number of carbonyl (C=O) groups is 2. The summed E-state index contributed by atoms with van der Waals surface area (Å²) in [7, 11) is 0. The van der Waals surface area contributed by atoms with Gasteiger partial charge in [0.05, 0.1) is 25.4 Å². The van der Waals surface area contributed by atoms with Gasteiger partial charge in [0.1, 0.15) is 5.75 Å². The van der Waals surface area contributed by atoms with E-state index in [1.807, 2.05) is 67.6 Å². The van der Waals surface area contributed by atoms with E-state index < -0.39 is 0 Å². The Labute approximate surface area is 201 Å². The Balaban J connectivity index is 1.31. The van der Waals surface area contributed by atoms with E-state index >= 15 is 0 Å². The van der Waals surface area contributed by atoms with Gasteiger partial charge in [-0.3, -0.25) is 9.59 Å². The summed E-state index contributed by atoms with van der Waals surface area (Å²) in [6.07, 6.45) is 0.908. The van der Waals surface area contributed by atoms with Crippen molar-refractivity contribution < 1.29 is 19.1 Å². The lowest BCUT2D eigenvalue weighted by Gasteiger charge is -2.10. The van der Waals surface area contributed by atoms with Gasteiger partial charge in [-0.2, -0.15) is 0 Å². The molecule has 2 amide bonds. The fourth-order valence-corrected chi connectivity index (χ4v) is 3.39. The number of nitrogens with one attached hydrogen (secondary N) is 2. The highest BCUT2D eigenvalue weighted by Gasteiger charge is 2.11. The normalized spacial score (nSPS) is 10.5. The van der Waals surface area contributed by atoms with E-state index in [1.54, 1.807) is 18.2 Å². The van der Waals surface area contributed by atoms with Crippen LogP contribution in [0.15, 0.2) is 78.9 Å². The topological polar surface area (TPSA) is 76.7 Å². The minimum Gasteiger partial charge on any atom is -0.493 e. The number of para-hydroxylation sites is 1. The van der Waals surface area contributed by atoms with E-state index in [2.05, 4.69) is 10.6 Å². The van der Waals surface area contributed by atoms with Gasteiger partial charge in [-0.15, -0.1) is 0 Å². The summed E-state index contributed by atoms with van der Waals surface area (Å²) < 4.78 is 11.2. The Morgan fingerprint density at radius 1 is 0.765 bits per heavy atom. The molecule has 0 saturated heterocycles. The van der Waals surface area contributed by atoms with Gasteiger partial charge in [-0.05, 0) is 42.2 Å². The first-order chi connectivity index (χ1) is 16.7. The summed E-state index contributed by atoms with van der Waals surface area (Å²) in [5.74, 6) is 0.325. The van der Waals surface area contributed by atoms with Crippen molar-refractivity contribution in [2.45, 2.75) is 39.5 Å². The van der Waals surface area contributed by atoms with E-state index in [0.717, 1.165) is 16.7 Å². The highest BCUT2D eigenvalue weighted by Crippen LogP contribution is 2.17. The first-order valence-corrected chi connectivity index (χ1v) is 11.6. The van der Waals surface area contributed by atoms with Gasteiger partial charge >= 0.3 is 0 Å². The van der Waals surface area contributed by atoms with Crippen molar-refractivity contribution in [3.63, 3.8) is 0 Å². The van der Waals surface area contributed by atoms with Crippen LogP contribution in [0.25, 0.3) is 0 Å². The number of rotatable bonds is 13. The van der Waals surface area contributed by atoms with E-state index in [-0.39, 0.29) is 11.8 Å². The molecular formula is C28H32N2O4. The summed E-state index contributed by atoms with van der Waals surface area (Å²) in [6, 6.07) is 25.2. The molecule has 0 heterocycles. The molecule has 0 aliphatic rings. The summed E-state index contributed by atoms with van der Waals surface area (Å²) in [4.78, 5) is 24.5. The highest BCUT2D eigenvalue weighted by molar-refractivity contribution is 5.96. The van der Waals surface area contributed by atoms with Crippen molar-refractivity contribution in [2.24, 2.45) is 0 Å². The Hall–Kier alpha value is -3.64. The van der Waals surface area contributed by atoms with Crippen molar-refractivity contribution in [3.8, 4) is 5.75 Å². The van der Waals surface area contributed by atoms with Crippen LogP contribution in [0.2, 0.25) is 0 Å². The van der Waals surface area contributed by atoms with Crippen LogP contribution in [0.1, 0.15) is 46.8 Å². The van der Waals surface area contributed by atoms with Crippen LogP contribution in [0.4, 0.5) is 0 Å². The average molecular weight is 461 g/mol. The fourth-order valence-electron chi connectivity index (χ4n) is 3.39. The first-order valence-electron chi connectivity index (χ1n) is 11.6. The predicted octanol–water partition coefficient (Wildman–Crippen LogP) is 4.63. The molecule has 0 bridgehead atoms. The van der Waals surface area contributed by atoms with Crippen LogP contribution in [0, 0.1) is 0 Å². The van der Waals surface area contributed by atoms with Crippen molar-refractivity contribution >= 4 is 11.8 Å². The molecule has 0 aromatic heterocycles. The molecule has 0 saturated carbocycles. The van der Waals surface area contributed by atoms with Crippen LogP contribution in [-0.4, -0.2) is 25.0 Å². The van der Waals surface area contributed by atoms with Crippen LogP contribution in [-0.2, 0) is 29.3 Å². The van der Waals surface area contributed by atoms with Crippen molar-refractivity contribution in [3.05, 3.63) is 101 Å². The molecule has 6 nitrogen and oxygen atoms in total. The number of hydrogen-bond donors (Lipinski definition) is 2. The highest BCUT2D eigenvalue weighted by atomic mass is 16.5. The molecule has 0 spiro atoms. The number of carbonyl (C=O) groups excluding carboxylic acids is 2. The van der Waals surface area contributed by atoms with Crippen LogP contribution >= 0.6 is 0 Å². The predicted molar refractivity (Wildman–Crippen MR) is 132 cm³/mol. The lowest BCUT2D eigenvalue weighted by molar-refractivity contribution is -0.121. The molecule has 6 heteroatoms. The molecule has 0 aliphatic carbocycles. The smallest absolute Gasteiger partial charge is 0.255 e. The third-order valence-electron chi connectivity index (χ3n) is 5.19. The molecule has 2 N–H and O–H groups in total. The van der Waals surface area contributed by atoms with Gasteiger partial charge in [0, 0.05) is 19.5 Å². The average Bonchev–Trinajstić information content (AvgIpc) is 2.87. The molecular weight excluding hydrogens is 428 g/mol. The Kier molecular flexibility index (Phi) is 10.1. The maximum Gasteiger partial charge on any atom is 0.255 e. The van der Waals surface area contributed by atoms with E-state index in [4.69, 9.17) is 9.47 Å². The van der Waals surface area contributed by atoms with Crippen LogP contribution in [0.3, 0.4) is 0 Å². The first kappa shape index (κ1) is 25.0. The zero-order valence-corrected chi connectivity index (χ0v) is 19.6. The standard InChI is InChI=1S/C28H32N2O4/c1-2-34-26-12-7-6-11-25(26)28(32)29-18-8-13-27(31)30-19-22-14-16-24(17-15-22)21-33-20-23-9-4-3-5-10-23/h3-7,9-12,14-17H,2,8,13,18-21H2,1H3,(H,29,32)(H,30,31). The van der Waals surface area contributed by atoms with Gasteiger partial charge in [0.2, 0.25) is 5.91 Å². The lowest BCUT2D eigenvalue weighted by Crippen LogP contribution is -2.27. The largest absolute Gasteiger partial charge is 0.493 e. The number of benzene rings is 3. The van der Waals surface area contributed by atoms with Gasteiger partial charge in [-0.25, -0.2) is 0 Å². The Bertz CT molecular complexity index is 1040. The monoisotopic (exact) mass is 460 g/mol. The second-order valence-corrected chi connectivity index (χ2v) is 7.86. The zero-order chi connectivity index (χ0) is 24.0. The SMILES string of the molecule is CCOc1ccccc1C(=O)NCCCC(=O)NCc1ccc(COCc2ccccc2)cc1. The maximum absolute atomic E-state index is 12.4. The maximum atomic E-state index is 12.4. The summed E-state index contributed by atoms with van der Waals surface area (Å²) in [6.45, 7) is 4.39. The minimum atomic E-state index is -0.197. The zero-order valence-electron chi connectivity index (χ0n) is 19.6. The summed E-state index contributed by atoms with van der Waals surface area (Å²) >= 11 is 0. The van der Waals surface area contributed by atoms with Gasteiger partial charge < -0.3 is 20.1 Å². The van der Waals surface area contributed by atoms with Crippen molar-refractivity contribution in [2.75, 3.05) is 13.2 Å². The third kappa shape index (κ3) is 8.37. The Morgan fingerprint density at radius 2 is 1.41 bits per heavy atom. The fraction of sp³-hybridized carbons (Fsp3) is 0.286. The van der Waals surface area contributed by atoms with E-state index in [9.17, 15) is 9.59 Å². The second-order valence-electron chi connectivity index (χ2n) is 7.86. The molecule has 3 rings (SSSR count). The quantitative estimate of drug-likeness (QED) is 0.365. The minimum absolute atomic E-state index is 0.0424. The molecule has 0 atom stereocenters. The van der Waals surface area contributed by atoms with Crippen molar-refractivity contribution in [1.82, 2.24) is 10.6 Å². The number of hydrogen-bond acceptors (Lipinski definition) is 4. The molecule has 34 heavy (non-hydrogen) atoms. The molecule has 3 aromatic carbocycles. The van der Waals surface area contributed by atoms with E-state index in [0.29, 0.717) is 57.1 Å². The van der Waals surface area contributed by atoms with Gasteiger partial charge in [-0.1, -0.05) is 66.7 Å². The van der Waals surface area contributed by atoms with Gasteiger partial charge in [0.25, 0.3) is 5.91 Å². The van der Waals surface area contributed by atoms with Crippen LogP contribution < -0.4 is 15.4 Å². The van der Waals surface area contributed by atoms with Crippen molar-refractivity contribution in [1.29, 1.82) is 0 Å². The molecule has 178 valence electrons. The Morgan fingerprint density at radius 3 is 2.15 bits per heavy atom. The van der Waals surface area contributed by atoms with Gasteiger partial charge in [0.15, 0.2) is 0 Å². The molecule has 0 unspecified atom stereocenters. The van der Waals surface area contributed by atoms with E-state index in [1.165, 1.54) is 0 Å².